The number of piperidine rings is 1. The van der Waals surface area contributed by atoms with E-state index in [1.165, 1.54) is 6.08 Å². The van der Waals surface area contributed by atoms with Crippen LogP contribution in [0.3, 0.4) is 0 Å². The van der Waals surface area contributed by atoms with Crippen LogP contribution in [0.15, 0.2) is 30.9 Å². The largest absolute Gasteiger partial charge is 0.336 e. The van der Waals surface area contributed by atoms with E-state index >= 15 is 0 Å². The summed E-state index contributed by atoms with van der Waals surface area (Å²) in [5, 5.41) is 2.97. The number of hydrogen-bond acceptors (Lipinski definition) is 2. The van der Waals surface area contributed by atoms with Gasteiger partial charge in [0.05, 0.1) is 10.6 Å². The summed E-state index contributed by atoms with van der Waals surface area (Å²) < 4.78 is 0. The average Bonchev–Trinajstić information content (AvgIpc) is 2.47. The topological polar surface area (TPSA) is 49.4 Å². The quantitative estimate of drug-likeness (QED) is 0.869. The lowest BCUT2D eigenvalue weighted by atomic mass is 10.0. The third-order valence-electron chi connectivity index (χ3n) is 3.72. The number of carbonyl (C=O) groups excluding carboxylic acids is 2. The van der Waals surface area contributed by atoms with E-state index in [4.69, 9.17) is 11.6 Å². The van der Waals surface area contributed by atoms with Gasteiger partial charge in [-0.3, -0.25) is 9.59 Å². The molecule has 0 saturated carbocycles. The molecule has 0 aromatic heterocycles. The minimum atomic E-state index is -0.310. The number of halogens is 1. The smallest absolute Gasteiger partial charge is 0.255 e. The first kappa shape index (κ1) is 15.6. The van der Waals surface area contributed by atoms with Crippen molar-refractivity contribution >= 4 is 29.1 Å². The Hall–Kier alpha value is -1.81. The molecule has 1 aliphatic rings. The molecule has 2 amide bonds. The van der Waals surface area contributed by atoms with Crippen molar-refractivity contribution in [2.24, 2.45) is 0 Å². The lowest BCUT2D eigenvalue weighted by Gasteiger charge is -2.33. The van der Waals surface area contributed by atoms with Crippen molar-refractivity contribution < 1.29 is 9.59 Å². The first-order valence-electron chi connectivity index (χ1n) is 7.07. The van der Waals surface area contributed by atoms with Crippen LogP contribution in [0.5, 0.6) is 0 Å². The molecule has 0 bridgehead atoms. The van der Waals surface area contributed by atoms with Crippen molar-refractivity contribution in [1.82, 2.24) is 4.90 Å². The van der Waals surface area contributed by atoms with E-state index in [0.717, 1.165) is 25.8 Å². The highest BCUT2D eigenvalue weighted by Gasteiger charge is 2.25. The van der Waals surface area contributed by atoms with Gasteiger partial charge in [-0.15, -0.1) is 0 Å². The van der Waals surface area contributed by atoms with E-state index < -0.39 is 0 Å². The van der Waals surface area contributed by atoms with Crippen LogP contribution in [0, 0.1) is 0 Å². The zero-order valence-corrected chi connectivity index (χ0v) is 12.8. The fourth-order valence-corrected chi connectivity index (χ4v) is 2.78. The predicted octanol–water partition coefficient (Wildman–Crippen LogP) is 3.48. The summed E-state index contributed by atoms with van der Waals surface area (Å²) in [6, 6.07) is 5.16. The van der Waals surface area contributed by atoms with Gasteiger partial charge in [0.25, 0.3) is 5.91 Å². The minimum Gasteiger partial charge on any atom is -0.336 e. The van der Waals surface area contributed by atoms with E-state index in [0.29, 0.717) is 16.3 Å². The molecule has 2 rings (SSSR count). The van der Waals surface area contributed by atoms with Crippen molar-refractivity contribution in [3.8, 4) is 0 Å². The predicted molar refractivity (Wildman–Crippen MR) is 84.6 cm³/mol. The van der Waals surface area contributed by atoms with Gasteiger partial charge in [-0.1, -0.05) is 18.2 Å². The van der Waals surface area contributed by atoms with Crippen LogP contribution in [0.1, 0.15) is 36.5 Å². The third-order valence-corrected chi connectivity index (χ3v) is 4.03. The molecule has 1 N–H and O–H groups in total. The van der Waals surface area contributed by atoms with Gasteiger partial charge in [-0.05, 0) is 50.5 Å². The second-order valence-electron chi connectivity index (χ2n) is 5.23. The van der Waals surface area contributed by atoms with Crippen molar-refractivity contribution in [2.45, 2.75) is 32.2 Å². The van der Waals surface area contributed by atoms with Gasteiger partial charge in [0.15, 0.2) is 0 Å². The molecule has 1 saturated heterocycles. The second-order valence-corrected chi connectivity index (χ2v) is 5.64. The Morgan fingerprint density at radius 1 is 1.43 bits per heavy atom. The molecule has 0 aliphatic carbocycles. The van der Waals surface area contributed by atoms with Gasteiger partial charge in [-0.2, -0.15) is 0 Å². The maximum atomic E-state index is 12.6. The minimum absolute atomic E-state index is 0.0474. The average molecular weight is 307 g/mol. The number of rotatable bonds is 3. The molecule has 1 aliphatic heterocycles. The highest BCUT2D eigenvalue weighted by Crippen LogP contribution is 2.25. The summed E-state index contributed by atoms with van der Waals surface area (Å²) in [4.78, 5) is 25.7. The number of nitrogens with one attached hydrogen (secondary N) is 1. The van der Waals surface area contributed by atoms with Crippen molar-refractivity contribution in [3.05, 3.63) is 41.4 Å². The van der Waals surface area contributed by atoms with Gasteiger partial charge in [0.2, 0.25) is 5.91 Å². The van der Waals surface area contributed by atoms with Gasteiger partial charge >= 0.3 is 0 Å². The Morgan fingerprint density at radius 3 is 2.81 bits per heavy atom. The Morgan fingerprint density at radius 2 is 2.19 bits per heavy atom. The van der Waals surface area contributed by atoms with Gasteiger partial charge < -0.3 is 10.2 Å². The Labute approximate surface area is 129 Å². The van der Waals surface area contributed by atoms with E-state index in [-0.39, 0.29) is 17.9 Å². The fraction of sp³-hybridized carbons (Fsp3) is 0.375. The van der Waals surface area contributed by atoms with E-state index in [9.17, 15) is 9.59 Å². The molecule has 0 radical (unpaired) electrons. The molecular weight excluding hydrogens is 288 g/mol. The Kier molecular flexibility index (Phi) is 5.02. The summed E-state index contributed by atoms with van der Waals surface area (Å²) >= 11 is 6.19. The molecule has 1 fully saturated rings. The van der Waals surface area contributed by atoms with Crippen LogP contribution in [-0.4, -0.2) is 29.3 Å². The van der Waals surface area contributed by atoms with Crippen LogP contribution in [0.25, 0.3) is 0 Å². The molecule has 1 heterocycles. The van der Waals surface area contributed by atoms with Crippen LogP contribution in [0.2, 0.25) is 5.02 Å². The SMILES string of the molecule is C=CC(=O)Nc1ccc(C(=O)N2CCCCC2C)c(Cl)c1. The van der Waals surface area contributed by atoms with Gasteiger partial charge in [0, 0.05) is 18.3 Å². The van der Waals surface area contributed by atoms with Crippen LogP contribution < -0.4 is 5.32 Å². The van der Waals surface area contributed by atoms with Gasteiger partial charge in [0.1, 0.15) is 0 Å². The number of hydrogen-bond donors (Lipinski definition) is 1. The number of amides is 2. The number of benzene rings is 1. The first-order chi connectivity index (χ1) is 10.0. The monoisotopic (exact) mass is 306 g/mol. The molecule has 1 aromatic rings. The summed E-state index contributed by atoms with van der Waals surface area (Å²) in [5.41, 5.74) is 1.02. The number of anilines is 1. The molecule has 1 atom stereocenters. The van der Waals surface area contributed by atoms with E-state index in [2.05, 4.69) is 18.8 Å². The number of likely N-dealkylation sites (tertiary alicyclic amines) is 1. The Bertz CT molecular complexity index is 571. The summed E-state index contributed by atoms with van der Waals surface area (Å²) in [6.45, 7) is 6.22. The summed E-state index contributed by atoms with van der Waals surface area (Å²) in [5.74, 6) is -0.358. The standard InChI is InChI=1S/C16H19ClN2O2/c1-3-15(20)18-12-7-8-13(14(17)10-12)16(21)19-9-5-4-6-11(19)2/h3,7-8,10-11H,1,4-6,9H2,2H3,(H,18,20). The molecule has 21 heavy (non-hydrogen) atoms. The maximum absolute atomic E-state index is 12.6. The number of carbonyl (C=O) groups is 2. The lowest BCUT2D eigenvalue weighted by molar-refractivity contribution is -0.111. The second kappa shape index (κ2) is 6.76. The zero-order chi connectivity index (χ0) is 15.4. The van der Waals surface area contributed by atoms with Gasteiger partial charge in [-0.25, -0.2) is 0 Å². The van der Waals surface area contributed by atoms with Crippen LogP contribution >= 0.6 is 11.6 Å². The normalized spacial score (nSPS) is 18.2. The van der Waals surface area contributed by atoms with Crippen LogP contribution in [0.4, 0.5) is 5.69 Å². The lowest BCUT2D eigenvalue weighted by Crippen LogP contribution is -2.42. The molecule has 1 aromatic carbocycles. The molecular formula is C16H19ClN2O2. The highest BCUT2D eigenvalue weighted by molar-refractivity contribution is 6.34. The van der Waals surface area contributed by atoms with E-state index in [1.807, 2.05) is 4.90 Å². The summed E-state index contributed by atoms with van der Waals surface area (Å²) in [6.07, 6.45) is 4.39. The molecule has 4 nitrogen and oxygen atoms in total. The maximum Gasteiger partial charge on any atom is 0.255 e. The Balaban J connectivity index is 2.18. The molecule has 0 spiro atoms. The molecule has 112 valence electrons. The van der Waals surface area contributed by atoms with E-state index in [1.54, 1.807) is 18.2 Å². The molecule has 5 heteroatoms. The number of nitrogens with zero attached hydrogens (tertiary/aromatic N) is 1. The summed E-state index contributed by atoms with van der Waals surface area (Å²) in [7, 11) is 0. The highest BCUT2D eigenvalue weighted by atomic mass is 35.5. The molecule has 1 unspecified atom stereocenters. The van der Waals surface area contributed by atoms with Crippen molar-refractivity contribution in [3.63, 3.8) is 0 Å². The fourth-order valence-electron chi connectivity index (χ4n) is 2.51. The zero-order valence-electron chi connectivity index (χ0n) is 12.1. The third kappa shape index (κ3) is 3.64. The first-order valence-corrected chi connectivity index (χ1v) is 7.44. The van der Waals surface area contributed by atoms with Crippen LogP contribution in [-0.2, 0) is 4.79 Å². The van der Waals surface area contributed by atoms with Crippen molar-refractivity contribution in [1.29, 1.82) is 0 Å². The van der Waals surface area contributed by atoms with Crippen molar-refractivity contribution in [2.75, 3.05) is 11.9 Å².